The van der Waals surface area contributed by atoms with Gasteiger partial charge in [0.25, 0.3) is 0 Å². The van der Waals surface area contributed by atoms with Crippen molar-refractivity contribution in [2.75, 3.05) is 39.4 Å². The Morgan fingerprint density at radius 3 is 2.48 bits per heavy atom. The van der Waals surface area contributed by atoms with Crippen LogP contribution in [-0.4, -0.2) is 63.1 Å². The summed E-state index contributed by atoms with van der Waals surface area (Å²) in [7, 11) is 0. The average Bonchev–Trinajstić information content (AvgIpc) is 3.18. The van der Waals surface area contributed by atoms with Crippen LogP contribution in [0.5, 0.6) is 5.75 Å². The van der Waals surface area contributed by atoms with Crippen LogP contribution in [0.15, 0.2) is 24.3 Å². The van der Waals surface area contributed by atoms with Crippen molar-refractivity contribution in [3.8, 4) is 5.75 Å². The highest BCUT2D eigenvalue weighted by Gasteiger charge is 2.30. The van der Waals surface area contributed by atoms with Gasteiger partial charge < -0.3 is 19.5 Å². The number of piperidine rings is 1. The van der Waals surface area contributed by atoms with Crippen molar-refractivity contribution in [2.24, 2.45) is 5.92 Å². The van der Waals surface area contributed by atoms with Gasteiger partial charge in [-0.2, -0.15) is 8.78 Å². The fourth-order valence-electron chi connectivity index (χ4n) is 3.47. The van der Waals surface area contributed by atoms with Gasteiger partial charge in [0.2, 0.25) is 5.91 Å². The molecule has 150 valence electrons. The second kappa shape index (κ2) is 9.96. The molecule has 2 aliphatic rings. The molecule has 6 nitrogen and oxygen atoms in total. The monoisotopic (exact) mass is 384 g/mol. The van der Waals surface area contributed by atoms with E-state index in [9.17, 15) is 13.6 Å². The summed E-state index contributed by atoms with van der Waals surface area (Å²) in [5, 5.41) is 2.91. The fourth-order valence-corrected chi connectivity index (χ4v) is 3.47. The third-order valence-electron chi connectivity index (χ3n) is 4.92. The molecular weight excluding hydrogens is 358 g/mol. The molecular formula is C19H26F2N2O4. The maximum absolute atomic E-state index is 12.1. The number of alkyl halides is 2. The molecule has 1 N–H and O–H groups in total. The molecule has 0 bridgehead atoms. The van der Waals surface area contributed by atoms with Gasteiger partial charge in [0.15, 0.2) is 6.29 Å². The van der Waals surface area contributed by atoms with Crippen molar-refractivity contribution in [3.05, 3.63) is 29.8 Å². The molecule has 0 unspecified atom stereocenters. The normalized spacial score (nSPS) is 19.5. The predicted molar refractivity (Wildman–Crippen MR) is 94.6 cm³/mol. The second-order valence-corrected chi connectivity index (χ2v) is 6.85. The Labute approximate surface area is 157 Å². The van der Waals surface area contributed by atoms with Crippen molar-refractivity contribution in [1.29, 1.82) is 0 Å². The summed E-state index contributed by atoms with van der Waals surface area (Å²) in [6, 6.07) is 6.46. The lowest BCUT2D eigenvalue weighted by atomic mass is 9.96. The van der Waals surface area contributed by atoms with Crippen LogP contribution < -0.4 is 10.1 Å². The molecule has 1 aromatic carbocycles. The van der Waals surface area contributed by atoms with E-state index in [1.54, 1.807) is 12.1 Å². The molecule has 2 fully saturated rings. The minimum Gasteiger partial charge on any atom is -0.435 e. The molecule has 1 amide bonds. The zero-order valence-corrected chi connectivity index (χ0v) is 15.2. The number of ether oxygens (including phenoxy) is 3. The molecule has 8 heteroatoms. The minimum atomic E-state index is -2.82. The van der Waals surface area contributed by atoms with E-state index in [1.165, 1.54) is 12.1 Å². The lowest BCUT2D eigenvalue weighted by Gasteiger charge is -2.33. The molecule has 2 saturated heterocycles. The summed E-state index contributed by atoms with van der Waals surface area (Å²) in [5.74, 6) is 0.554. The number of nitrogens with one attached hydrogen (secondary N) is 1. The molecule has 0 atom stereocenters. The number of amides is 1. The van der Waals surface area contributed by atoms with Gasteiger partial charge in [-0.05, 0) is 50.0 Å². The average molecular weight is 384 g/mol. The predicted octanol–water partition coefficient (Wildman–Crippen LogP) is 2.03. The van der Waals surface area contributed by atoms with E-state index in [4.69, 9.17) is 9.47 Å². The van der Waals surface area contributed by atoms with Gasteiger partial charge in [-0.3, -0.25) is 9.69 Å². The first-order valence-corrected chi connectivity index (χ1v) is 9.36. The standard InChI is InChI=1S/C19H26F2N2O4/c20-19(21)27-16-3-1-14(2-4-16)5-8-22-17(24)13-23-9-6-15(7-10-23)18-25-11-12-26-18/h1-4,15,18-19H,5-13H2,(H,22,24). The smallest absolute Gasteiger partial charge is 0.387 e. The minimum absolute atomic E-state index is 0.000491. The summed E-state index contributed by atoms with van der Waals surface area (Å²) in [4.78, 5) is 14.3. The van der Waals surface area contributed by atoms with Gasteiger partial charge in [-0.1, -0.05) is 12.1 Å². The van der Waals surface area contributed by atoms with Gasteiger partial charge in [-0.15, -0.1) is 0 Å². The first-order valence-electron chi connectivity index (χ1n) is 9.36. The molecule has 0 radical (unpaired) electrons. The number of hydrogen-bond acceptors (Lipinski definition) is 5. The summed E-state index contributed by atoms with van der Waals surface area (Å²) in [6.45, 7) is 1.16. The van der Waals surface area contributed by atoms with Crippen LogP contribution in [-0.2, 0) is 20.7 Å². The number of rotatable bonds is 8. The summed E-state index contributed by atoms with van der Waals surface area (Å²) >= 11 is 0. The van der Waals surface area contributed by atoms with E-state index in [2.05, 4.69) is 15.0 Å². The topological polar surface area (TPSA) is 60.0 Å². The lowest BCUT2D eigenvalue weighted by Crippen LogP contribution is -2.43. The summed E-state index contributed by atoms with van der Waals surface area (Å²) in [5.41, 5.74) is 0.953. The SMILES string of the molecule is O=C(CN1CCC(C2OCCO2)CC1)NCCc1ccc(OC(F)F)cc1. The van der Waals surface area contributed by atoms with Crippen LogP contribution in [0.3, 0.4) is 0 Å². The van der Waals surface area contributed by atoms with Crippen LogP contribution in [0.2, 0.25) is 0 Å². The van der Waals surface area contributed by atoms with Gasteiger partial charge in [-0.25, -0.2) is 0 Å². The highest BCUT2D eigenvalue weighted by molar-refractivity contribution is 5.78. The second-order valence-electron chi connectivity index (χ2n) is 6.85. The van der Waals surface area contributed by atoms with Crippen LogP contribution in [0.4, 0.5) is 8.78 Å². The summed E-state index contributed by atoms with van der Waals surface area (Å²) < 4.78 is 39.7. The van der Waals surface area contributed by atoms with Crippen molar-refractivity contribution in [3.63, 3.8) is 0 Å². The number of nitrogens with zero attached hydrogens (tertiary/aromatic N) is 1. The van der Waals surface area contributed by atoms with Crippen molar-refractivity contribution in [1.82, 2.24) is 10.2 Å². The van der Waals surface area contributed by atoms with Crippen molar-refractivity contribution < 1.29 is 27.8 Å². The van der Waals surface area contributed by atoms with Gasteiger partial charge in [0, 0.05) is 12.5 Å². The van der Waals surface area contributed by atoms with E-state index < -0.39 is 6.61 Å². The third kappa shape index (κ3) is 6.41. The van der Waals surface area contributed by atoms with Crippen molar-refractivity contribution >= 4 is 5.91 Å². The number of hydrogen-bond donors (Lipinski definition) is 1. The number of carbonyl (C=O) groups is 1. The maximum Gasteiger partial charge on any atom is 0.387 e. The Hall–Kier alpha value is -1.77. The number of benzene rings is 1. The van der Waals surface area contributed by atoms with E-state index in [-0.39, 0.29) is 17.9 Å². The lowest BCUT2D eigenvalue weighted by molar-refractivity contribution is -0.123. The van der Waals surface area contributed by atoms with Gasteiger partial charge in [0.05, 0.1) is 19.8 Å². The fraction of sp³-hybridized carbons (Fsp3) is 0.632. The maximum atomic E-state index is 12.1. The molecule has 3 rings (SSSR count). The Morgan fingerprint density at radius 1 is 1.19 bits per heavy atom. The molecule has 0 aromatic heterocycles. The highest BCUT2D eigenvalue weighted by Crippen LogP contribution is 2.25. The van der Waals surface area contributed by atoms with Crippen LogP contribution in [0, 0.1) is 5.92 Å². The molecule has 2 aliphatic heterocycles. The molecule has 0 spiro atoms. The first kappa shape index (κ1) is 20.0. The van der Waals surface area contributed by atoms with E-state index in [0.29, 0.717) is 38.6 Å². The Kier molecular flexibility index (Phi) is 7.37. The van der Waals surface area contributed by atoms with Gasteiger partial charge in [0.1, 0.15) is 5.75 Å². The molecule has 0 saturated carbocycles. The number of likely N-dealkylation sites (tertiary alicyclic amines) is 1. The highest BCUT2D eigenvalue weighted by atomic mass is 19.3. The first-order chi connectivity index (χ1) is 13.1. The third-order valence-corrected chi connectivity index (χ3v) is 4.92. The zero-order valence-electron chi connectivity index (χ0n) is 15.2. The molecule has 0 aliphatic carbocycles. The quantitative estimate of drug-likeness (QED) is 0.743. The summed E-state index contributed by atoms with van der Waals surface area (Å²) in [6.07, 6.45) is 2.52. The van der Waals surface area contributed by atoms with Crippen LogP contribution >= 0.6 is 0 Å². The molecule has 2 heterocycles. The zero-order chi connectivity index (χ0) is 19.1. The molecule has 27 heavy (non-hydrogen) atoms. The Morgan fingerprint density at radius 2 is 1.85 bits per heavy atom. The van der Waals surface area contributed by atoms with E-state index in [0.717, 1.165) is 31.5 Å². The largest absolute Gasteiger partial charge is 0.435 e. The Balaban J connectivity index is 1.30. The van der Waals surface area contributed by atoms with Gasteiger partial charge >= 0.3 is 6.61 Å². The Bertz CT molecular complexity index is 586. The number of carbonyl (C=O) groups excluding carboxylic acids is 1. The van der Waals surface area contributed by atoms with Crippen LogP contribution in [0.25, 0.3) is 0 Å². The van der Waals surface area contributed by atoms with E-state index in [1.807, 2.05) is 0 Å². The molecule has 1 aromatic rings. The van der Waals surface area contributed by atoms with Crippen LogP contribution in [0.1, 0.15) is 18.4 Å². The van der Waals surface area contributed by atoms with Crippen molar-refractivity contribution in [2.45, 2.75) is 32.2 Å². The van der Waals surface area contributed by atoms with E-state index >= 15 is 0 Å². The number of halogens is 2.